The lowest BCUT2D eigenvalue weighted by molar-refractivity contribution is -0.384. The zero-order chi connectivity index (χ0) is 33.0. The van der Waals surface area contributed by atoms with Crippen molar-refractivity contribution in [1.82, 2.24) is 4.90 Å². The summed E-state index contributed by atoms with van der Waals surface area (Å²) in [6, 6.07) is 3.89. The topological polar surface area (TPSA) is 152 Å². The highest BCUT2D eigenvalue weighted by Crippen LogP contribution is 2.53. The molecule has 0 saturated carbocycles. The Balaban J connectivity index is 2.59. The van der Waals surface area contributed by atoms with Gasteiger partial charge in [-0.15, -0.1) is 0 Å². The van der Waals surface area contributed by atoms with E-state index in [1.807, 2.05) is 33.9 Å². The van der Waals surface area contributed by atoms with Crippen LogP contribution in [0.5, 0.6) is 0 Å². The summed E-state index contributed by atoms with van der Waals surface area (Å²) >= 11 is 0. The molecule has 1 aromatic rings. The average molecular weight is 619 g/mol. The molecule has 236 valence electrons. The van der Waals surface area contributed by atoms with Gasteiger partial charge in [0.25, 0.3) is 5.69 Å². The van der Waals surface area contributed by atoms with Gasteiger partial charge < -0.3 is 18.6 Å². The zero-order valence-corrected chi connectivity index (χ0v) is 27.1. The summed E-state index contributed by atoms with van der Waals surface area (Å²) in [7, 11) is -2.49. The number of hydrogen-bond donors (Lipinski definition) is 0. The number of β-lactam (4-membered cyclic amide) rings is 1. The molecule has 1 aliphatic heterocycles. The average Bonchev–Trinajstić information content (AvgIpc) is 2.94. The summed E-state index contributed by atoms with van der Waals surface area (Å²) in [5, 5.41) is 10.7. The fourth-order valence-electron chi connectivity index (χ4n) is 4.68. The smallest absolute Gasteiger partial charge is 0.417 e. The first-order valence-corrected chi connectivity index (χ1v) is 16.7. The number of esters is 2. The molecule has 1 fully saturated rings. The Kier molecular flexibility index (Phi) is 10.9. The Labute approximate surface area is 253 Å². The van der Waals surface area contributed by atoms with E-state index in [9.17, 15) is 29.3 Å². The van der Waals surface area contributed by atoms with Crippen LogP contribution in [0, 0.1) is 20.9 Å². The van der Waals surface area contributed by atoms with Gasteiger partial charge in [0.15, 0.2) is 13.7 Å². The van der Waals surface area contributed by atoms with E-state index in [4.69, 9.17) is 18.6 Å². The first kappa shape index (κ1) is 35.4. The number of carbonyl (C=O) groups excluding carboxylic acids is 4. The highest BCUT2D eigenvalue weighted by molar-refractivity contribution is 6.74. The van der Waals surface area contributed by atoms with E-state index in [1.165, 1.54) is 50.3 Å². The van der Waals surface area contributed by atoms with Crippen LogP contribution in [0.15, 0.2) is 49.6 Å². The van der Waals surface area contributed by atoms with Crippen LogP contribution in [-0.2, 0) is 39.6 Å². The lowest BCUT2D eigenvalue weighted by atomic mass is 9.58. The lowest BCUT2D eigenvalue weighted by Crippen LogP contribution is -2.80. The van der Waals surface area contributed by atoms with E-state index in [0.29, 0.717) is 5.56 Å². The third kappa shape index (κ3) is 6.88. The number of benzene rings is 1. The molecule has 1 aromatic carbocycles. The third-order valence-corrected chi connectivity index (χ3v) is 12.9. The van der Waals surface area contributed by atoms with Gasteiger partial charge in [0, 0.05) is 12.1 Å². The molecule has 13 heteroatoms. The van der Waals surface area contributed by atoms with E-state index < -0.39 is 60.2 Å². The molecule has 1 heterocycles. The van der Waals surface area contributed by atoms with Gasteiger partial charge in [0.2, 0.25) is 5.91 Å². The Morgan fingerprint density at radius 2 is 1.53 bits per heavy atom. The molecule has 1 aliphatic rings. The summed E-state index contributed by atoms with van der Waals surface area (Å²) in [5.74, 6) is -2.77. The van der Waals surface area contributed by atoms with Gasteiger partial charge in [0.1, 0.15) is 19.8 Å². The second-order valence-electron chi connectivity index (χ2n) is 12.3. The quantitative estimate of drug-likeness (QED) is 0.0415. The fraction of sp³-hybridized carbons (Fsp3) is 0.533. The van der Waals surface area contributed by atoms with Crippen molar-refractivity contribution < 1.29 is 42.7 Å². The monoisotopic (exact) mass is 618 g/mol. The minimum absolute atomic E-state index is 0.147. The molecule has 0 aromatic heterocycles. The predicted molar refractivity (Wildman–Crippen MR) is 160 cm³/mol. The van der Waals surface area contributed by atoms with Crippen LogP contribution in [0.1, 0.15) is 47.1 Å². The summed E-state index contributed by atoms with van der Waals surface area (Å²) in [4.78, 5) is 65.7. The zero-order valence-electron chi connectivity index (χ0n) is 26.1. The number of rotatable bonds is 13. The van der Waals surface area contributed by atoms with Crippen molar-refractivity contribution in [2.24, 2.45) is 10.8 Å². The molecule has 1 saturated heterocycles. The number of nitrogens with zero attached hydrogens (tertiary/aromatic N) is 2. The van der Waals surface area contributed by atoms with Gasteiger partial charge >= 0.3 is 18.0 Å². The van der Waals surface area contributed by atoms with Crippen LogP contribution in [-0.4, -0.2) is 67.4 Å². The summed E-state index contributed by atoms with van der Waals surface area (Å²) < 4.78 is 22.6. The number of hydrogen-bond acceptors (Lipinski definition) is 10. The first-order chi connectivity index (χ1) is 19.8. The van der Waals surface area contributed by atoms with Crippen LogP contribution in [0.2, 0.25) is 18.1 Å². The van der Waals surface area contributed by atoms with E-state index in [2.05, 4.69) is 13.2 Å². The molecular weight excluding hydrogens is 576 g/mol. The fourth-order valence-corrected chi connectivity index (χ4v) is 6.17. The van der Waals surface area contributed by atoms with Crippen LogP contribution in [0.3, 0.4) is 0 Å². The van der Waals surface area contributed by atoms with E-state index >= 15 is 0 Å². The molecule has 0 aliphatic carbocycles. The predicted octanol–water partition coefficient (Wildman–Crippen LogP) is 5.32. The van der Waals surface area contributed by atoms with Gasteiger partial charge in [-0.25, -0.2) is 9.69 Å². The SMILES string of the molecule is C=CCOC(=O)C(C)(C(=O)OCC=C)[C@H]1N(C(=O)OCc2ccc([N+](=O)[O-])cc2)C(=O)[C@]1(C)[C@@H](C)O[Si](C)(C)C(C)(C)C. The largest absolute Gasteiger partial charge is 0.461 e. The van der Waals surface area contributed by atoms with Crippen molar-refractivity contribution in [3.63, 3.8) is 0 Å². The second-order valence-corrected chi connectivity index (χ2v) is 17.1. The van der Waals surface area contributed by atoms with Crippen molar-refractivity contribution in [2.75, 3.05) is 13.2 Å². The molecule has 2 rings (SSSR count). The normalized spacial score (nSPS) is 19.5. The molecule has 43 heavy (non-hydrogen) atoms. The molecule has 3 atom stereocenters. The number of likely N-dealkylation sites (tertiary alicyclic amines) is 1. The number of amides is 2. The van der Waals surface area contributed by atoms with Gasteiger partial charge in [-0.2, -0.15) is 0 Å². The Morgan fingerprint density at radius 1 is 1.05 bits per heavy atom. The minimum atomic E-state index is -2.49. The number of ether oxygens (including phenoxy) is 3. The maximum absolute atomic E-state index is 13.9. The van der Waals surface area contributed by atoms with Crippen molar-refractivity contribution in [3.8, 4) is 0 Å². The molecular formula is C30H42N2O10Si. The number of carbonyl (C=O) groups is 4. The summed E-state index contributed by atoms with van der Waals surface area (Å²) in [5.41, 5.74) is -3.48. The van der Waals surface area contributed by atoms with Crippen molar-refractivity contribution >= 4 is 37.9 Å². The summed E-state index contributed by atoms with van der Waals surface area (Å²) in [6.45, 7) is 20.8. The number of non-ortho nitro benzene ring substituents is 1. The number of imide groups is 1. The minimum Gasteiger partial charge on any atom is -0.461 e. The Bertz CT molecular complexity index is 1250. The van der Waals surface area contributed by atoms with Gasteiger partial charge in [-0.05, 0) is 56.6 Å². The molecule has 12 nitrogen and oxygen atoms in total. The molecule has 2 amide bonds. The van der Waals surface area contributed by atoms with E-state index in [-0.39, 0.29) is 30.5 Å². The lowest BCUT2D eigenvalue weighted by Gasteiger charge is -2.59. The molecule has 0 N–H and O–H groups in total. The number of nitro benzene ring substituents is 1. The van der Waals surface area contributed by atoms with Crippen molar-refractivity contribution in [3.05, 3.63) is 65.3 Å². The van der Waals surface area contributed by atoms with Crippen LogP contribution in [0.4, 0.5) is 10.5 Å². The highest BCUT2D eigenvalue weighted by Gasteiger charge is 2.74. The maximum atomic E-state index is 13.9. The highest BCUT2D eigenvalue weighted by atomic mass is 28.4. The van der Waals surface area contributed by atoms with Crippen LogP contribution in [0.25, 0.3) is 0 Å². The molecule has 0 radical (unpaired) electrons. The molecule has 0 bridgehead atoms. The number of nitro groups is 1. The third-order valence-electron chi connectivity index (χ3n) is 8.39. The summed E-state index contributed by atoms with van der Waals surface area (Å²) in [6.07, 6.45) is 0.670. The van der Waals surface area contributed by atoms with E-state index in [1.54, 1.807) is 6.92 Å². The van der Waals surface area contributed by atoms with Crippen molar-refractivity contribution in [2.45, 2.75) is 78.4 Å². The Morgan fingerprint density at radius 3 is 1.95 bits per heavy atom. The van der Waals surface area contributed by atoms with Crippen molar-refractivity contribution in [1.29, 1.82) is 0 Å². The Hall–Kier alpha value is -3.84. The van der Waals surface area contributed by atoms with Crippen LogP contribution < -0.4 is 0 Å². The van der Waals surface area contributed by atoms with Gasteiger partial charge in [-0.3, -0.25) is 24.5 Å². The first-order valence-electron chi connectivity index (χ1n) is 13.8. The van der Waals surface area contributed by atoms with E-state index in [0.717, 1.165) is 4.90 Å². The van der Waals surface area contributed by atoms with Crippen LogP contribution >= 0.6 is 0 Å². The molecule has 0 spiro atoms. The van der Waals surface area contributed by atoms with Gasteiger partial charge in [0.05, 0.1) is 22.5 Å². The standard InChI is InChI=1S/C30H42N2O10Si/c1-11-17-39-25(34)30(8,26(35)40-18-12-2)23-29(7,20(3)42-43(9,10)28(4,5)6)24(33)31(23)27(36)41-19-21-13-15-22(16-14-21)32(37)38/h11-16,20,23H,1-2,17-19H2,3-10H3/t20-,23+,29-/m1/s1. The second kappa shape index (κ2) is 13.2. The maximum Gasteiger partial charge on any atom is 0.417 e. The molecule has 0 unspecified atom stereocenters. The van der Waals surface area contributed by atoms with Gasteiger partial charge in [-0.1, -0.05) is 46.1 Å².